The quantitative estimate of drug-likeness (QED) is 0.693. The van der Waals surface area contributed by atoms with Crippen LogP contribution in [0.1, 0.15) is 44.9 Å². The molecule has 17 heavy (non-hydrogen) atoms. The first-order chi connectivity index (χ1) is 8.03. The molecule has 2 saturated carbocycles. The molecule has 2 nitrogen and oxygen atoms in total. The summed E-state index contributed by atoms with van der Waals surface area (Å²) in [6.07, 6.45) is 3.10. The molecule has 0 aromatic rings. The number of alkyl halides is 2. The zero-order chi connectivity index (χ0) is 12.5. The molecule has 0 amide bonds. The smallest absolute Gasteiger partial charge is 0.283 e. The highest BCUT2D eigenvalue weighted by Gasteiger charge is 2.44. The average Bonchev–Trinajstić information content (AvgIpc) is 2.22. The molecule has 1 atom stereocenters. The Bertz CT molecular complexity index is 334. The van der Waals surface area contributed by atoms with E-state index in [1.165, 1.54) is 0 Å². The molecule has 0 bridgehead atoms. The van der Waals surface area contributed by atoms with Crippen LogP contribution in [0.4, 0.5) is 8.78 Å². The first-order valence-electron chi connectivity index (χ1n) is 6.31. The van der Waals surface area contributed by atoms with Crippen LogP contribution in [0, 0.1) is 18.4 Å². The van der Waals surface area contributed by atoms with Crippen LogP contribution >= 0.6 is 0 Å². The minimum absolute atomic E-state index is 0.0693. The Morgan fingerprint density at radius 3 is 2.24 bits per heavy atom. The largest absolute Gasteiger partial charge is 0.305 e. The van der Waals surface area contributed by atoms with Gasteiger partial charge < -0.3 is 4.85 Å². The van der Waals surface area contributed by atoms with Crippen molar-refractivity contribution < 1.29 is 13.6 Å². The number of hydrogen-bond donors (Lipinski definition) is 0. The molecule has 2 aliphatic carbocycles. The first kappa shape index (κ1) is 12.5. The average molecular weight is 241 g/mol. The molecule has 0 heterocycles. The van der Waals surface area contributed by atoms with Gasteiger partial charge in [-0.2, -0.15) is 0 Å². The fraction of sp³-hybridized carbons (Fsp3) is 0.846. The van der Waals surface area contributed by atoms with Gasteiger partial charge in [-0.15, -0.1) is 0 Å². The summed E-state index contributed by atoms with van der Waals surface area (Å²) in [6, 6.07) is -0.555. The third-order valence-corrected chi connectivity index (χ3v) is 4.15. The Kier molecular flexibility index (Phi) is 3.46. The second-order valence-electron chi connectivity index (χ2n) is 5.30. The lowest BCUT2D eigenvalue weighted by molar-refractivity contribution is -0.129. The van der Waals surface area contributed by atoms with Crippen molar-refractivity contribution in [3.63, 3.8) is 0 Å². The van der Waals surface area contributed by atoms with Crippen LogP contribution in [0.2, 0.25) is 0 Å². The van der Waals surface area contributed by atoms with Crippen LogP contribution in [0.3, 0.4) is 0 Å². The summed E-state index contributed by atoms with van der Waals surface area (Å²) in [7, 11) is 0. The highest BCUT2D eigenvalue weighted by atomic mass is 19.3. The number of hydrogen-bond acceptors (Lipinski definition) is 1. The van der Waals surface area contributed by atoms with Crippen molar-refractivity contribution in [1.29, 1.82) is 0 Å². The molecule has 2 aliphatic rings. The zero-order valence-electron chi connectivity index (χ0n) is 9.79. The van der Waals surface area contributed by atoms with E-state index >= 15 is 0 Å². The van der Waals surface area contributed by atoms with Crippen molar-refractivity contribution in [1.82, 2.24) is 0 Å². The Labute approximate surface area is 100 Å². The number of ketones is 1. The number of carbonyl (C=O) groups is 1. The van der Waals surface area contributed by atoms with Gasteiger partial charge >= 0.3 is 0 Å². The van der Waals surface area contributed by atoms with Gasteiger partial charge in [0.15, 0.2) is 0 Å². The van der Waals surface area contributed by atoms with Gasteiger partial charge in [-0.1, -0.05) is 6.42 Å². The van der Waals surface area contributed by atoms with Crippen LogP contribution < -0.4 is 0 Å². The van der Waals surface area contributed by atoms with E-state index in [0.29, 0.717) is 0 Å². The lowest BCUT2D eigenvalue weighted by atomic mass is 9.73. The van der Waals surface area contributed by atoms with E-state index in [1.54, 1.807) is 0 Å². The van der Waals surface area contributed by atoms with Gasteiger partial charge in [0, 0.05) is 24.7 Å². The Balaban J connectivity index is 1.93. The van der Waals surface area contributed by atoms with E-state index in [2.05, 4.69) is 4.85 Å². The maximum Gasteiger partial charge on any atom is 0.283 e. The molecule has 0 spiro atoms. The molecule has 0 saturated heterocycles. The van der Waals surface area contributed by atoms with Crippen LogP contribution in [-0.4, -0.2) is 17.7 Å². The summed E-state index contributed by atoms with van der Waals surface area (Å²) in [5.41, 5.74) is 0. The van der Waals surface area contributed by atoms with Crippen molar-refractivity contribution >= 4 is 5.78 Å². The highest BCUT2D eigenvalue weighted by molar-refractivity contribution is 5.88. The normalized spacial score (nSPS) is 26.9. The van der Waals surface area contributed by atoms with Crippen molar-refractivity contribution in [2.75, 3.05) is 0 Å². The van der Waals surface area contributed by atoms with Crippen molar-refractivity contribution in [2.45, 2.75) is 56.9 Å². The van der Waals surface area contributed by atoms with Gasteiger partial charge in [-0.3, -0.25) is 4.79 Å². The molecular weight excluding hydrogens is 224 g/mol. The number of rotatable bonds is 3. The van der Waals surface area contributed by atoms with Crippen LogP contribution in [0.15, 0.2) is 0 Å². The molecule has 2 rings (SSSR count). The van der Waals surface area contributed by atoms with Gasteiger partial charge in [0.05, 0.1) is 0 Å². The molecule has 0 radical (unpaired) electrons. The molecule has 4 heteroatoms. The van der Waals surface area contributed by atoms with Crippen molar-refractivity contribution in [2.24, 2.45) is 11.8 Å². The van der Waals surface area contributed by atoms with Crippen molar-refractivity contribution in [3.05, 3.63) is 11.4 Å². The van der Waals surface area contributed by atoms with E-state index in [9.17, 15) is 13.6 Å². The maximum absolute atomic E-state index is 13.0. The van der Waals surface area contributed by atoms with Crippen LogP contribution in [-0.2, 0) is 4.79 Å². The maximum atomic E-state index is 13.0. The first-order valence-corrected chi connectivity index (χ1v) is 6.31. The summed E-state index contributed by atoms with van der Waals surface area (Å²) in [5.74, 6) is -2.77. The minimum Gasteiger partial charge on any atom is -0.305 e. The zero-order valence-corrected chi connectivity index (χ0v) is 9.79. The van der Waals surface area contributed by atoms with Gasteiger partial charge in [-0.05, 0) is 25.7 Å². The summed E-state index contributed by atoms with van der Waals surface area (Å²) in [4.78, 5) is 15.6. The summed E-state index contributed by atoms with van der Waals surface area (Å²) in [6.45, 7) is 7.11. The van der Waals surface area contributed by atoms with E-state index in [4.69, 9.17) is 6.57 Å². The van der Waals surface area contributed by atoms with Gasteiger partial charge in [-0.25, -0.2) is 15.4 Å². The third-order valence-electron chi connectivity index (χ3n) is 4.15. The predicted molar refractivity (Wildman–Crippen MR) is 59.6 cm³/mol. The van der Waals surface area contributed by atoms with E-state index in [-0.39, 0.29) is 43.3 Å². The number of halogens is 2. The number of Topliss-reactive ketones (excluding diaryl/α,β-unsaturated/α-hetero) is 1. The molecule has 1 unspecified atom stereocenters. The van der Waals surface area contributed by atoms with Crippen molar-refractivity contribution in [3.8, 4) is 0 Å². The van der Waals surface area contributed by atoms with Gasteiger partial charge in [0.2, 0.25) is 11.7 Å². The molecule has 0 N–H and O–H groups in total. The second kappa shape index (κ2) is 4.72. The summed E-state index contributed by atoms with van der Waals surface area (Å²) >= 11 is 0. The van der Waals surface area contributed by atoms with Crippen LogP contribution in [0.5, 0.6) is 0 Å². The van der Waals surface area contributed by atoms with E-state index < -0.39 is 12.0 Å². The third kappa shape index (κ3) is 2.65. The van der Waals surface area contributed by atoms with Crippen LogP contribution in [0.25, 0.3) is 4.85 Å². The Morgan fingerprint density at radius 1 is 1.24 bits per heavy atom. The molecule has 0 aromatic carbocycles. The topological polar surface area (TPSA) is 21.4 Å². The lowest BCUT2D eigenvalue weighted by Crippen LogP contribution is -2.38. The van der Waals surface area contributed by atoms with E-state index in [1.807, 2.05) is 0 Å². The SMILES string of the molecule is [C-]#[N+]C(C(=O)C1CCC(F)(F)CC1)C1CCC1. The predicted octanol–water partition coefficient (Wildman–Crippen LogP) is 3.47. The molecule has 94 valence electrons. The molecular formula is C13H17F2NO. The van der Waals surface area contributed by atoms with Gasteiger partial charge in [0.1, 0.15) is 0 Å². The molecule has 2 fully saturated rings. The number of carbonyl (C=O) groups excluding carboxylic acids is 1. The number of nitrogens with zero attached hydrogens (tertiary/aromatic N) is 1. The fourth-order valence-corrected chi connectivity index (χ4v) is 2.72. The summed E-state index contributed by atoms with van der Waals surface area (Å²) in [5, 5.41) is 0. The fourth-order valence-electron chi connectivity index (χ4n) is 2.72. The lowest BCUT2D eigenvalue weighted by Gasteiger charge is -2.30. The molecule has 0 aliphatic heterocycles. The monoisotopic (exact) mass is 241 g/mol. The van der Waals surface area contributed by atoms with Gasteiger partial charge in [0.25, 0.3) is 6.04 Å². The molecule has 0 aromatic heterocycles. The van der Waals surface area contributed by atoms with E-state index in [0.717, 1.165) is 19.3 Å². The Morgan fingerprint density at radius 2 is 1.82 bits per heavy atom. The highest BCUT2D eigenvalue weighted by Crippen LogP contribution is 2.39. The Hall–Kier alpha value is -0.980. The second-order valence-corrected chi connectivity index (χ2v) is 5.30. The standard InChI is InChI=1S/C13H17F2NO/c1-16-11(9-3-2-4-9)12(17)10-5-7-13(14,15)8-6-10/h9-11H,2-8H2. The summed E-state index contributed by atoms with van der Waals surface area (Å²) < 4.78 is 26.0. The minimum atomic E-state index is -2.60.